The molecule has 3 fully saturated rings. The number of hydrogen-bond acceptors (Lipinski definition) is 4. The van der Waals surface area contributed by atoms with Crippen LogP contribution in [0.2, 0.25) is 0 Å². The van der Waals surface area contributed by atoms with Crippen molar-refractivity contribution < 1.29 is 4.74 Å². The first-order valence-electron chi connectivity index (χ1n) is 12.3. The molecule has 0 bridgehead atoms. The lowest BCUT2D eigenvalue weighted by molar-refractivity contribution is 0.0354. The lowest BCUT2D eigenvalue weighted by Gasteiger charge is -2.41. The molecular weight excluding hydrogens is 386 g/mol. The van der Waals surface area contributed by atoms with Crippen molar-refractivity contribution in [2.45, 2.75) is 75.5 Å². The van der Waals surface area contributed by atoms with E-state index in [-0.39, 0.29) is 5.54 Å². The molecule has 3 aliphatic rings. The summed E-state index contributed by atoms with van der Waals surface area (Å²) in [4.78, 5) is 7.24. The van der Waals surface area contributed by atoms with Gasteiger partial charge in [-0.05, 0) is 44.6 Å². The Balaban J connectivity index is 1.31. The van der Waals surface area contributed by atoms with E-state index in [0.29, 0.717) is 12.1 Å². The molecule has 1 aromatic rings. The lowest BCUT2D eigenvalue weighted by Crippen LogP contribution is -2.59. The Labute approximate surface area is 188 Å². The number of rotatable bonds is 7. The summed E-state index contributed by atoms with van der Waals surface area (Å²) in [6.45, 7) is 7.09. The number of benzene rings is 1. The summed E-state index contributed by atoms with van der Waals surface area (Å²) in [5.74, 6) is 0.929. The standard InChI is InChI=1S/C25H41N5O/c1-20(21-8-4-3-5-9-21)29-25(13-16-31-17-14-25)19-27-24(26-2)28-22-12-15-30(18-22)23-10-6-7-11-23/h3-5,8-9,20,22-23,29H,6-7,10-19H2,1-2H3,(H2,26,27,28). The number of guanidine groups is 1. The SMILES string of the molecule is CN=C(NCC1(NC(C)c2ccccc2)CCOCC1)NC1CCN(C2CCCC2)C1. The minimum Gasteiger partial charge on any atom is -0.381 e. The molecule has 6 heteroatoms. The highest BCUT2D eigenvalue weighted by molar-refractivity contribution is 5.80. The van der Waals surface area contributed by atoms with Gasteiger partial charge in [-0.2, -0.15) is 0 Å². The van der Waals surface area contributed by atoms with Gasteiger partial charge < -0.3 is 20.7 Å². The third-order valence-electron chi connectivity index (χ3n) is 7.49. The van der Waals surface area contributed by atoms with E-state index in [0.717, 1.165) is 51.1 Å². The second-order valence-corrected chi connectivity index (χ2v) is 9.66. The van der Waals surface area contributed by atoms with Crippen molar-refractivity contribution in [3.05, 3.63) is 35.9 Å². The van der Waals surface area contributed by atoms with Crippen molar-refractivity contribution in [3.8, 4) is 0 Å². The number of likely N-dealkylation sites (tertiary alicyclic amines) is 1. The van der Waals surface area contributed by atoms with Gasteiger partial charge in [0.25, 0.3) is 0 Å². The fourth-order valence-corrected chi connectivity index (χ4v) is 5.57. The van der Waals surface area contributed by atoms with Crippen molar-refractivity contribution in [3.63, 3.8) is 0 Å². The van der Waals surface area contributed by atoms with Crippen molar-refractivity contribution >= 4 is 5.96 Å². The summed E-state index contributed by atoms with van der Waals surface area (Å²) in [6, 6.07) is 12.3. The number of nitrogens with one attached hydrogen (secondary N) is 3. The van der Waals surface area contributed by atoms with Crippen molar-refractivity contribution in [2.24, 2.45) is 4.99 Å². The monoisotopic (exact) mass is 427 g/mol. The molecule has 3 N–H and O–H groups in total. The smallest absolute Gasteiger partial charge is 0.191 e. The molecule has 172 valence electrons. The predicted octanol–water partition coefficient (Wildman–Crippen LogP) is 3.07. The topological polar surface area (TPSA) is 60.9 Å². The van der Waals surface area contributed by atoms with E-state index in [1.165, 1.54) is 44.2 Å². The van der Waals surface area contributed by atoms with Crippen LogP contribution in [0.5, 0.6) is 0 Å². The summed E-state index contributed by atoms with van der Waals surface area (Å²) in [6.07, 6.45) is 8.80. The summed E-state index contributed by atoms with van der Waals surface area (Å²) >= 11 is 0. The van der Waals surface area contributed by atoms with Crippen LogP contribution in [0.3, 0.4) is 0 Å². The summed E-state index contributed by atoms with van der Waals surface area (Å²) in [7, 11) is 1.88. The van der Waals surface area contributed by atoms with Gasteiger partial charge in [-0.1, -0.05) is 43.2 Å². The van der Waals surface area contributed by atoms with E-state index < -0.39 is 0 Å². The van der Waals surface area contributed by atoms with Gasteiger partial charge in [-0.25, -0.2) is 0 Å². The first-order valence-corrected chi connectivity index (χ1v) is 12.3. The average Bonchev–Trinajstić information content (AvgIpc) is 3.50. The lowest BCUT2D eigenvalue weighted by atomic mass is 9.88. The predicted molar refractivity (Wildman–Crippen MR) is 128 cm³/mol. The van der Waals surface area contributed by atoms with Crippen LogP contribution in [0.1, 0.15) is 63.5 Å². The Morgan fingerprint density at radius 1 is 1.16 bits per heavy atom. The van der Waals surface area contributed by atoms with E-state index >= 15 is 0 Å². The van der Waals surface area contributed by atoms with Gasteiger partial charge in [-0.3, -0.25) is 9.89 Å². The van der Waals surface area contributed by atoms with E-state index in [1.807, 2.05) is 7.05 Å². The Morgan fingerprint density at radius 2 is 1.90 bits per heavy atom. The van der Waals surface area contributed by atoms with Crippen molar-refractivity contribution in [2.75, 3.05) is 39.9 Å². The molecular formula is C25H41N5O. The third kappa shape index (κ3) is 5.99. The first kappa shape index (κ1) is 22.6. The average molecular weight is 428 g/mol. The zero-order valence-corrected chi connectivity index (χ0v) is 19.4. The fourth-order valence-electron chi connectivity index (χ4n) is 5.57. The van der Waals surface area contributed by atoms with Crippen LogP contribution in [0.15, 0.2) is 35.3 Å². The van der Waals surface area contributed by atoms with Crippen LogP contribution < -0.4 is 16.0 Å². The van der Waals surface area contributed by atoms with Gasteiger partial charge in [0.15, 0.2) is 5.96 Å². The van der Waals surface area contributed by atoms with Gasteiger partial charge in [0, 0.05) is 63.6 Å². The number of hydrogen-bond donors (Lipinski definition) is 3. The number of aliphatic imine (C=N–C) groups is 1. The molecule has 2 heterocycles. The minimum absolute atomic E-state index is 0.0106. The van der Waals surface area contributed by atoms with Crippen LogP contribution in [0.25, 0.3) is 0 Å². The summed E-state index contributed by atoms with van der Waals surface area (Å²) < 4.78 is 5.69. The molecule has 0 amide bonds. The molecule has 6 nitrogen and oxygen atoms in total. The quantitative estimate of drug-likeness (QED) is 0.461. The highest BCUT2D eigenvalue weighted by Crippen LogP contribution is 2.27. The minimum atomic E-state index is 0.0106. The van der Waals surface area contributed by atoms with Crippen LogP contribution in [-0.2, 0) is 4.74 Å². The summed E-state index contributed by atoms with van der Waals surface area (Å²) in [5.41, 5.74) is 1.34. The fraction of sp³-hybridized carbons (Fsp3) is 0.720. The maximum Gasteiger partial charge on any atom is 0.191 e. The number of nitrogens with zero attached hydrogens (tertiary/aromatic N) is 2. The maximum atomic E-state index is 5.69. The second-order valence-electron chi connectivity index (χ2n) is 9.66. The number of ether oxygens (including phenoxy) is 1. The molecule has 2 atom stereocenters. The molecule has 1 aliphatic carbocycles. The third-order valence-corrected chi connectivity index (χ3v) is 7.49. The van der Waals surface area contributed by atoms with E-state index in [9.17, 15) is 0 Å². The molecule has 0 aromatic heterocycles. The zero-order chi connectivity index (χ0) is 21.5. The highest BCUT2D eigenvalue weighted by atomic mass is 16.5. The molecule has 2 unspecified atom stereocenters. The molecule has 4 rings (SSSR count). The van der Waals surface area contributed by atoms with E-state index in [2.05, 4.69) is 63.1 Å². The van der Waals surface area contributed by atoms with Gasteiger partial charge in [-0.15, -0.1) is 0 Å². The van der Waals surface area contributed by atoms with Crippen LogP contribution in [0.4, 0.5) is 0 Å². The molecule has 2 aliphatic heterocycles. The van der Waals surface area contributed by atoms with Gasteiger partial charge >= 0.3 is 0 Å². The Kier molecular flexibility index (Phi) is 7.86. The zero-order valence-electron chi connectivity index (χ0n) is 19.4. The van der Waals surface area contributed by atoms with E-state index in [1.54, 1.807) is 0 Å². The summed E-state index contributed by atoms with van der Waals surface area (Å²) in [5, 5.41) is 11.3. The molecule has 1 aromatic carbocycles. The second kappa shape index (κ2) is 10.8. The molecule has 31 heavy (non-hydrogen) atoms. The maximum absolute atomic E-state index is 5.69. The van der Waals surface area contributed by atoms with Gasteiger partial charge in [0.2, 0.25) is 0 Å². The van der Waals surface area contributed by atoms with Crippen molar-refractivity contribution in [1.29, 1.82) is 0 Å². The Hall–Kier alpha value is -1.63. The van der Waals surface area contributed by atoms with Gasteiger partial charge in [0.1, 0.15) is 0 Å². The van der Waals surface area contributed by atoms with Gasteiger partial charge in [0.05, 0.1) is 0 Å². The van der Waals surface area contributed by atoms with Crippen molar-refractivity contribution in [1.82, 2.24) is 20.9 Å². The molecule has 0 spiro atoms. The van der Waals surface area contributed by atoms with E-state index in [4.69, 9.17) is 4.74 Å². The van der Waals surface area contributed by atoms with Crippen LogP contribution >= 0.6 is 0 Å². The van der Waals surface area contributed by atoms with Crippen LogP contribution in [-0.4, -0.2) is 68.4 Å². The largest absolute Gasteiger partial charge is 0.381 e. The first-order chi connectivity index (χ1) is 15.2. The molecule has 1 saturated carbocycles. The molecule has 0 radical (unpaired) electrons. The van der Waals surface area contributed by atoms with Crippen LogP contribution in [0, 0.1) is 0 Å². The molecule has 2 saturated heterocycles. The Bertz CT molecular complexity index is 697. The Morgan fingerprint density at radius 3 is 2.61 bits per heavy atom. The highest BCUT2D eigenvalue weighted by Gasteiger charge is 2.35. The normalized spacial score (nSPS) is 26.1.